The van der Waals surface area contributed by atoms with Crippen molar-refractivity contribution in [2.24, 2.45) is 0 Å². The molecule has 8 heteroatoms. The van der Waals surface area contributed by atoms with Gasteiger partial charge in [-0.25, -0.2) is 8.42 Å². The fourth-order valence-corrected chi connectivity index (χ4v) is 4.50. The van der Waals surface area contributed by atoms with Crippen molar-refractivity contribution in [2.45, 2.75) is 31.7 Å². The van der Waals surface area contributed by atoms with Crippen LogP contribution in [0.2, 0.25) is 5.02 Å². The standard InChI is InChI=1S/C20H26ClN3O3S/c1-4-24(5-2)28(26,27)17-11-12-18(21)19(13-17)23-20(25)14-22-15(3)16-9-7-6-8-10-16/h6-13,15,22H,4-5,14H2,1-3H3,(H,23,25)/p+1/t15-/m0/s1. The molecule has 6 nitrogen and oxygen atoms in total. The van der Waals surface area contributed by atoms with Gasteiger partial charge in [0.2, 0.25) is 10.0 Å². The number of benzene rings is 2. The molecule has 0 saturated carbocycles. The molecule has 0 saturated heterocycles. The Morgan fingerprint density at radius 3 is 2.39 bits per heavy atom. The Balaban J connectivity index is 2.08. The fourth-order valence-electron chi connectivity index (χ4n) is 2.85. The molecule has 152 valence electrons. The number of sulfonamides is 1. The summed E-state index contributed by atoms with van der Waals surface area (Å²) in [5, 5.41) is 4.93. The molecule has 1 atom stereocenters. The average Bonchev–Trinajstić information content (AvgIpc) is 2.69. The summed E-state index contributed by atoms with van der Waals surface area (Å²) in [6.45, 7) is 6.52. The summed E-state index contributed by atoms with van der Waals surface area (Å²) in [7, 11) is -3.62. The largest absolute Gasteiger partial charge is 0.333 e. The monoisotopic (exact) mass is 424 g/mol. The second-order valence-electron chi connectivity index (χ2n) is 6.42. The molecular formula is C20H27ClN3O3S+. The van der Waals surface area contributed by atoms with E-state index < -0.39 is 10.0 Å². The smallest absolute Gasteiger partial charge is 0.279 e. The SMILES string of the molecule is CCN(CC)S(=O)(=O)c1ccc(Cl)c(NC(=O)C[NH2+][C@@H](C)c2ccccc2)c1. The van der Waals surface area contributed by atoms with Crippen molar-refractivity contribution >= 4 is 33.2 Å². The molecule has 0 aliphatic carbocycles. The molecule has 0 bridgehead atoms. The zero-order valence-electron chi connectivity index (χ0n) is 16.4. The van der Waals surface area contributed by atoms with E-state index in [0.717, 1.165) is 5.56 Å². The van der Waals surface area contributed by atoms with Crippen LogP contribution >= 0.6 is 11.6 Å². The Hall–Kier alpha value is -1.93. The van der Waals surface area contributed by atoms with Crippen LogP contribution in [0.1, 0.15) is 32.4 Å². The number of carbonyl (C=O) groups is 1. The van der Waals surface area contributed by atoms with Gasteiger partial charge < -0.3 is 10.6 Å². The van der Waals surface area contributed by atoms with E-state index >= 15 is 0 Å². The van der Waals surface area contributed by atoms with Crippen LogP contribution in [0.3, 0.4) is 0 Å². The summed E-state index contributed by atoms with van der Waals surface area (Å²) >= 11 is 6.16. The zero-order chi connectivity index (χ0) is 20.7. The van der Waals surface area contributed by atoms with Crippen LogP contribution in [-0.2, 0) is 14.8 Å². The van der Waals surface area contributed by atoms with Crippen LogP contribution in [0.5, 0.6) is 0 Å². The molecule has 0 unspecified atom stereocenters. The normalized spacial score (nSPS) is 12.8. The molecule has 0 aliphatic heterocycles. The van der Waals surface area contributed by atoms with Gasteiger partial charge in [-0.05, 0) is 25.1 Å². The number of hydrogen-bond donors (Lipinski definition) is 2. The molecule has 2 aromatic rings. The molecule has 0 heterocycles. The highest BCUT2D eigenvalue weighted by atomic mass is 35.5. The molecule has 2 rings (SSSR count). The van der Waals surface area contributed by atoms with Crippen LogP contribution in [0.25, 0.3) is 0 Å². The molecule has 3 N–H and O–H groups in total. The van der Waals surface area contributed by atoms with Gasteiger partial charge in [-0.1, -0.05) is 55.8 Å². The van der Waals surface area contributed by atoms with Crippen LogP contribution in [0, 0.1) is 0 Å². The third-order valence-electron chi connectivity index (χ3n) is 4.54. The van der Waals surface area contributed by atoms with Gasteiger partial charge in [0.1, 0.15) is 6.04 Å². The predicted molar refractivity (Wildman–Crippen MR) is 112 cm³/mol. The van der Waals surface area contributed by atoms with Crippen molar-refractivity contribution in [3.05, 3.63) is 59.1 Å². The van der Waals surface area contributed by atoms with E-state index in [0.29, 0.717) is 23.8 Å². The first kappa shape index (κ1) is 22.4. The van der Waals surface area contributed by atoms with Gasteiger partial charge in [-0.3, -0.25) is 4.79 Å². The van der Waals surface area contributed by atoms with Crippen molar-refractivity contribution in [1.29, 1.82) is 0 Å². The number of hydrogen-bond acceptors (Lipinski definition) is 3. The number of nitrogens with one attached hydrogen (secondary N) is 1. The number of nitrogens with zero attached hydrogens (tertiary/aromatic N) is 1. The Labute approximate surface area is 171 Å². The quantitative estimate of drug-likeness (QED) is 0.649. The summed E-state index contributed by atoms with van der Waals surface area (Å²) < 4.78 is 26.7. The average molecular weight is 425 g/mol. The summed E-state index contributed by atoms with van der Waals surface area (Å²) in [6, 6.07) is 14.4. The number of anilines is 1. The molecule has 0 aliphatic rings. The first-order valence-corrected chi connectivity index (χ1v) is 11.1. The van der Waals surface area contributed by atoms with E-state index in [-0.39, 0.29) is 23.4 Å². The minimum atomic E-state index is -3.62. The third-order valence-corrected chi connectivity index (χ3v) is 6.91. The third kappa shape index (κ3) is 5.54. The lowest BCUT2D eigenvalue weighted by molar-refractivity contribution is -0.682. The number of amides is 1. The second-order valence-corrected chi connectivity index (χ2v) is 8.76. The summed E-state index contributed by atoms with van der Waals surface area (Å²) in [5.74, 6) is -0.248. The molecule has 0 fully saturated rings. The van der Waals surface area contributed by atoms with Gasteiger partial charge in [-0.15, -0.1) is 0 Å². The van der Waals surface area contributed by atoms with Crippen molar-refractivity contribution in [1.82, 2.24) is 4.31 Å². The molecule has 0 spiro atoms. The van der Waals surface area contributed by atoms with Gasteiger partial charge in [-0.2, -0.15) is 4.31 Å². The van der Waals surface area contributed by atoms with Crippen molar-refractivity contribution in [3.63, 3.8) is 0 Å². The Bertz CT molecular complexity index is 900. The molecule has 0 radical (unpaired) electrons. The van der Waals surface area contributed by atoms with Crippen LogP contribution in [0.15, 0.2) is 53.4 Å². The number of carbonyl (C=O) groups excluding carboxylic acids is 1. The lowest BCUT2D eigenvalue weighted by atomic mass is 10.1. The molecule has 0 aromatic heterocycles. The summed E-state index contributed by atoms with van der Waals surface area (Å²) in [5.41, 5.74) is 1.42. The van der Waals surface area contributed by atoms with E-state index in [4.69, 9.17) is 11.6 Å². The molecular weight excluding hydrogens is 398 g/mol. The van der Waals surface area contributed by atoms with Crippen LogP contribution in [0.4, 0.5) is 5.69 Å². The van der Waals surface area contributed by atoms with Gasteiger partial charge in [0.25, 0.3) is 5.91 Å². The summed E-state index contributed by atoms with van der Waals surface area (Å²) in [4.78, 5) is 12.5. The molecule has 2 aromatic carbocycles. The number of quaternary nitrogens is 1. The lowest BCUT2D eigenvalue weighted by Crippen LogP contribution is -2.86. The van der Waals surface area contributed by atoms with E-state index in [1.807, 2.05) is 42.6 Å². The highest BCUT2D eigenvalue weighted by Gasteiger charge is 2.23. The highest BCUT2D eigenvalue weighted by Crippen LogP contribution is 2.26. The van der Waals surface area contributed by atoms with E-state index in [1.54, 1.807) is 13.8 Å². The molecule has 1 amide bonds. The van der Waals surface area contributed by atoms with E-state index in [2.05, 4.69) is 5.32 Å². The molecule has 28 heavy (non-hydrogen) atoms. The van der Waals surface area contributed by atoms with Crippen LogP contribution < -0.4 is 10.6 Å². The van der Waals surface area contributed by atoms with E-state index in [9.17, 15) is 13.2 Å². The minimum Gasteiger partial charge on any atom is -0.333 e. The maximum absolute atomic E-state index is 12.7. The second kappa shape index (κ2) is 10.0. The first-order chi connectivity index (χ1) is 13.3. The Morgan fingerprint density at radius 2 is 1.79 bits per heavy atom. The number of nitrogens with two attached hydrogens (primary N) is 1. The lowest BCUT2D eigenvalue weighted by Gasteiger charge is -2.19. The van der Waals surface area contributed by atoms with Crippen molar-refractivity contribution in [2.75, 3.05) is 25.0 Å². The minimum absolute atomic E-state index is 0.109. The van der Waals surface area contributed by atoms with Gasteiger partial charge >= 0.3 is 0 Å². The Kier molecular flexibility index (Phi) is 8.00. The maximum atomic E-state index is 12.7. The van der Waals surface area contributed by atoms with Crippen molar-refractivity contribution < 1.29 is 18.5 Å². The summed E-state index contributed by atoms with van der Waals surface area (Å²) in [6.07, 6.45) is 0. The highest BCUT2D eigenvalue weighted by molar-refractivity contribution is 7.89. The predicted octanol–water partition coefficient (Wildman–Crippen LogP) is 2.63. The fraction of sp³-hybridized carbons (Fsp3) is 0.350. The maximum Gasteiger partial charge on any atom is 0.279 e. The Morgan fingerprint density at radius 1 is 1.14 bits per heavy atom. The number of halogens is 1. The zero-order valence-corrected chi connectivity index (χ0v) is 17.9. The van der Waals surface area contributed by atoms with Crippen LogP contribution in [-0.4, -0.2) is 38.3 Å². The van der Waals surface area contributed by atoms with Gasteiger partial charge in [0.05, 0.1) is 15.6 Å². The number of rotatable bonds is 9. The van der Waals surface area contributed by atoms with Gasteiger partial charge in [0, 0.05) is 18.7 Å². The van der Waals surface area contributed by atoms with E-state index in [1.165, 1.54) is 22.5 Å². The van der Waals surface area contributed by atoms with Gasteiger partial charge in [0.15, 0.2) is 6.54 Å². The van der Waals surface area contributed by atoms with Crippen molar-refractivity contribution in [3.8, 4) is 0 Å². The topological polar surface area (TPSA) is 83.1 Å². The first-order valence-electron chi connectivity index (χ1n) is 9.27.